The molecule has 2 aromatic carbocycles. The van der Waals surface area contributed by atoms with Crippen LogP contribution in [0.1, 0.15) is 108 Å². The molecule has 6 aromatic rings. The fourth-order valence-electron chi connectivity index (χ4n) is 13.4. The lowest BCUT2D eigenvalue weighted by molar-refractivity contribution is -0.141. The molecule has 4 aromatic heterocycles. The topological polar surface area (TPSA) is 245 Å². The van der Waals surface area contributed by atoms with Gasteiger partial charge in [-0.1, -0.05) is 55.4 Å². The van der Waals surface area contributed by atoms with Crippen LogP contribution in [0.2, 0.25) is 0 Å². The van der Waals surface area contributed by atoms with Crippen LogP contribution < -0.4 is 30.5 Å². The van der Waals surface area contributed by atoms with Crippen molar-refractivity contribution >= 4 is 46.2 Å². The maximum atomic E-state index is 14.4. The van der Waals surface area contributed by atoms with E-state index in [-0.39, 0.29) is 67.4 Å². The third-order valence-corrected chi connectivity index (χ3v) is 18.9. The highest BCUT2D eigenvalue weighted by Gasteiger charge is 2.45. The number of hydrogen-bond donors (Lipinski definition) is 5. The molecule has 1 aliphatic carbocycles. The Morgan fingerprint density at radius 1 is 0.841 bits per heavy atom. The van der Waals surface area contributed by atoms with Crippen molar-refractivity contribution in [1.29, 1.82) is 0 Å². The summed E-state index contributed by atoms with van der Waals surface area (Å²) in [5.74, 6) is 1.59. The highest BCUT2D eigenvalue weighted by Crippen LogP contribution is 2.41. The van der Waals surface area contributed by atoms with Gasteiger partial charge in [0, 0.05) is 113 Å². The Labute approximate surface area is 482 Å². The van der Waals surface area contributed by atoms with Crippen LogP contribution in [0.3, 0.4) is 0 Å². The fourth-order valence-corrected chi connectivity index (χ4v) is 14.3. The molecule has 0 radical (unpaired) electrons. The number of piperazine rings is 1. The average molecular weight is 1140 g/mol. The summed E-state index contributed by atoms with van der Waals surface area (Å²) in [5.41, 5.74) is 13.8. The van der Waals surface area contributed by atoms with Gasteiger partial charge >= 0.3 is 0 Å². The van der Waals surface area contributed by atoms with E-state index in [0.717, 1.165) is 130 Å². The smallest absolute Gasteiger partial charge is 0.243 e. The van der Waals surface area contributed by atoms with E-state index in [0.29, 0.717) is 52.4 Å². The molecule has 82 heavy (non-hydrogen) atoms. The summed E-state index contributed by atoms with van der Waals surface area (Å²) in [5, 5.41) is 47.1. The highest BCUT2D eigenvalue weighted by molar-refractivity contribution is 7.13. The van der Waals surface area contributed by atoms with Gasteiger partial charge in [-0.15, -0.1) is 21.5 Å². The number of phenols is 1. The number of ether oxygens (including phenoxy) is 2. The number of fused-ring (bicyclic) bond motifs is 2. The molecule has 5 saturated heterocycles. The number of para-hydroxylation sites is 1. The molecule has 6 atom stereocenters. The summed E-state index contributed by atoms with van der Waals surface area (Å²) in [7, 11) is 0. The lowest BCUT2D eigenvalue weighted by atomic mass is 9.91. The second-order valence-electron chi connectivity index (χ2n) is 23.8. The second-order valence-corrected chi connectivity index (χ2v) is 24.7. The number of nitrogens with two attached hydrogens (primary N) is 1. The molecule has 6 fully saturated rings. The Kier molecular flexibility index (Phi) is 16.4. The number of nitrogen functional groups attached to an aromatic ring is 1. The van der Waals surface area contributed by atoms with Crippen LogP contribution in [-0.2, 0) is 20.9 Å². The van der Waals surface area contributed by atoms with E-state index < -0.39 is 18.1 Å². The zero-order valence-electron chi connectivity index (χ0n) is 47.0. The first-order chi connectivity index (χ1) is 39.8. The second kappa shape index (κ2) is 24.1. The van der Waals surface area contributed by atoms with Crippen LogP contribution >= 0.6 is 11.3 Å². The summed E-state index contributed by atoms with van der Waals surface area (Å²) in [6.07, 6.45) is 9.73. The van der Waals surface area contributed by atoms with Crippen molar-refractivity contribution < 1.29 is 38.9 Å². The molecule has 6 N–H and O–H groups in total. The molecule has 5 aliphatic heterocycles. The first-order valence-electron chi connectivity index (χ1n) is 29.4. The number of carbonyl (C=O) groups excluding carboxylic acids is 2. The van der Waals surface area contributed by atoms with E-state index in [1.165, 1.54) is 16.2 Å². The molecular formula is C61H76N12O8S. The van der Waals surface area contributed by atoms with E-state index in [1.807, 2.05) is 75.5 Å². The molecule has 2 amide bonds. The minimum atomic E-state index is -0.829. The fraction of sp³-hybridized carbons (Fsp3) is 0.525. The molecular weight excluding hydrogens is 1060 g/mol. The van der Waals surface area contributed by atoms with E-state index in [2.05, 4.69) is 62.4 Å². The Balaban J connectivity index is 0.564. The Morgan fingerprint density at radius 2 is 1.60 bits per heavy atom. The maximum absolute atomic E-state index is 14.4. The number of amides is 2. The molecule has 434 valence electrons. The molecule has 2 bridgehead atoms. The van der Waals surface area contributed by atoms with Crippen LogP contribution in [-0.4, -0.2) is 157 Å². The normalized spacial score (nSPS) is 24.2. The predicted molar refractivity (Wildman–Crippen MR) is 312 cm³/mol. The number of aromatic nitrogens is 5. The number of rotatable bonds is 18. The molecule has 2 unspecified atom stereocenters. The Hall–Kier alpha value is -6.91. The quantitative estimate of drug-likeness (QED) is 0.0572. The number of pyridine rings is 1. The number of anilines is 4. The van der Waals surface area contributed by atoms with Crippen molar-refractivity contribution in [2.45, 2.75) is 140 Å². The molecule has 20 nitrogen and oxygen atoms in total. The number of nitrogens with zero attached hydrogens (tertiary/aromatic N) is 10. The van der Waals surface area contributed by atoms with Gasteiger partial charge in [-0.3, -0.25) is 9.59 Å². The van der Waals surface area contributed by atoms with Crippen LogP contribution in [0.15, 0.2) is 89.0 Å². The van der Waals surface area contributed by atoms with Crippen molar-refractivity contribution in [2.75, 3.05) is 72.8 Å². The van der Waals surface area contributed by atoms with Gasteiger partial charge < -0.3 is 64.9 Å². The first kappa shape index (κ1) is 55.6. The molecule has 6 aliphatic rings. The number of β-amino-alcohol motifs (C(OH)–C–C–N with tert-alkyl or cyclic N) is 1. The summed E-state index contributed by atoms with van der Waals surface area (Å²) in [6.45, 7) is 12.2. The predicted octanol–water partition coefficient (Wildman–Crippen LogP) is 7.17. The minimum absolute atomic E-state index is 0.0644. The third-order valence-electron chi connectivity index (χ3n) is 18.0. The molecule has 0 spiro atoms. The van der Waals surface area contributed by atoms with E-state index in [4.69, 9.17) is 19.7 Å². The van der Waals surface area contributed by atoms with Gasteiger partial charge in [-0.2, -0.15) is 0 Å². The number of phenolic OH excluding ortho intramolecular Hbond substituents is 1. The van der Waals surface area contributed by atoms with E-state index in [1.54, 1.807) is 17.6 Å². The van der Waals surface area contributed by atoms with Gasteiger partial charge in [-0.05, 0) is 92.7 Å². The standard InChI is InChI=1S/C61H76N12O8S/c1-36(2)57(61(78)72-33-44(75)25-52(72)60(77)65-37(3)39-8-10-40(11-9-39)58-50(34-74)64-35-82-58)54-29-55(68-81-54)70-22-15-38(16-23-70)30-69-20-17-45(18-21-69)79-46-26-47(27-46)80-56-24-41(14-19-63-56)73-42-12-13-43(73)32-71(31-42)51-28-49(66-67-59(51)62)48-6-4-5-7-53(48)76/h4-11,14,19,24,28-29,35-38,42-47,52,57,74-76H,12-13,15-18,20-23,25-27,30-34H2,1-3H3,(H2,62,67)(H,65,77)/t37-,42?,43?,44+,46-,47-,52-,57+/m0/s1. The molecule has 1 saturated carbocycles. The van der Waals surface area contributed by atoms with E-state index in [9.17, 15) is 24.9 Å². The van der Waals surface area contributed by atoms with Crippen molar-refractivity contribution in [3.05, 3.63) is 102 Å². The van der Waals surface area contributed by atoms with Gasteiger partial charge in [0.2, 0.25) is 17.7 Å². The van der Waals surface area contributed by atoms with Gasteiger partial charge in [0.25, 0.3) is 0 Å². The lowest BCUT2D eigenvalue weighted by Crippen LogP contribution is -2.54. The number of aliphatic hydroxyl groups is 2. The lowest BCUT2D eigenvalue weighted by Gasteiger charge is -2.43. The number of thiazole rings is 1. The van der Waals surface area contributed by atoms with Crippen molar-refractivity contribution in [3.8, 4) is 33.3 Å². The van der Waals surface area contributed by atoms with E-state index >= 15 is 0 Å². The zero-order valence-corrected chi connectivity index (χ0v) is 47.8. The summed E-state index contributed by atoms with van der Waals surface area (Å²) in [4.78, 5) is 49.2. The SMILES string of the molecule is CC(C)[C@@H](C(=O)N1C[C@H](O)C[C@H]1C(=O)N[C@@H](C)c1ccc(-c2scnc2CO)cc1)c1cc(N2CCC(CN3CCC(O[C@H]4C[C@H](Oc5cc(N6C7CCC6CN(c6cc(-c8ccccc8O)nnc6N)C7)ccn5)C4)CC3)CC2)no1. The van der Waals surface area contributed by atoms with Crippen molar-refractivity contribution in [1.82, 2.24) is 40.4 Å². The molecule has 9 heterocycles. The van der Waals surface area contributed by atoms with Crippen LogP contribution in [0, 0.1) is 11.8 Å². The maximum Gasteiger partial charge on any atom is 0.243 e. The van der Waals surface area contributed by atoms with Gasteiger partial charge in [0.1, 0.15) is 23.8 Å². The number of carbonyl (C=O) groups is 2. The molecule has 12 rings (SSSR count). The van der Waals surface area contributed by atoms with Crippen molar-refractivity contribution in [2.24, 2.45) is 11.8 Å². The number of piperidine rings is 2. The summed E-state index contributed by atoms with van der Waals surface area (Å²) < 4.78 is 19.0. The average Bonchev–Trinajstić information content (AvgIpc) is 4.48. The number of hydrogen-bond acceptors (Lipinski definition) is 19. The first-order valence-corrected chi connectivity index (χ1v) is 30.3. The summed E-state index contributed by atoms with van der Waals surface area (Å²) in [6, 6.07) is 22.4. The molecule has 21 heteroatoms. The van der Waals surface area contributed by atoms with Crippen LogP contribution in [0.4, 0.5) is 23.0 Å². The summed E-state index contributed by atoms with van der Waals surface area (Å²) >= 11 is 1.47. The van der Waals surface area contributed by atoms with Gasteiger partial charge in [0.05, 0.1) is 58.4 Å². The number of nitrogens with one attached hydrogen (secondary N) is 1. The van der Waals surface area contributed by atoms with Gasteiger partial charge in [-0.25, -0.2) is 9.97 Å². The largest absolute Gasteiger partial charge is 0.507 e. The van der Waals surface area contributed by atoms with Crippen LogP contribution in [0.25, 0.3) is 21.7 Å². The number of aromatic hydroxyl groups is 1. The zero-order chi connectivity index (χ0) is 56.6. The third kappa shape index (κ3) is 11.8. The monoisotopic (exact) mass is 1140 g/mol. The minimum Gasteiger partial charge on any atom is -0.507 e. The number of likely N-dealkylation sites (tertiary alicyclic amines) is 2. The highest BCUT2D eigenvalue weighted by atomic mass is 32.1. The van der Waals surface area contributed by atoms with Gasteiger partial charge in [0.15, 0.2) is 17.4 Å². The Bertz CT molecular complexity index is 3160. The number of benzene rings is 2. The van der Waals surface area contributed by atoms with Crippen molar-refractivity contribution in [3.63, 3.8) is 0 Å². The Morgan fingerprint density at radius 3 is 2.33 bits per heavy atom. The van der Waals surface area contributed by atoms with Crippen LogP contribution in [0.5, 0.6) is 11.6 Å². The number of aliphatic hydroxyl groups excluding tert-OH is 2.